The van der Waals surface area contributed by atoms with Crippen LogP contribution >= 0.6 is 20.8 Å². The molecule has 0 fully saturated rings. The molecule has 0 bridgehead atoms. The zero-order chi connectivity index (χ0) is 7.72. The Morgan fingerprint density at radius 3 is 2.60 bits per heavy atom. The molecule has 54 valence electrons. The summed E-state index contributed by atoms with van der Waals surface area (Å²) in [5.74, 6) is -0.269. The quantitative estimate of drug-likeness (QED) is 0.532. The van der Waals surface area contributed by atoms with Gasteiger partial charge in [0.15, 0.2) is 0 Å². The molecular formula is C7H7ClFP. The SMILES string of the molecule is Cc1cc(F)c(P)c(Cl)c1. The molecule has 10 heavy (non-hydrogen) atoms. The van der Waals surface area contributed by atoms with Gasteiger partial charge in [0, 0.05) is 5.30 Å². The molecule has 1 rings (SSSR count). The maximum absolute atomic E-state index is 12.7. The van der Waals surface area contributed by atoms with E-state index in [1.165, 1.54) is 6.07 Å². The molecule has 0 spiro atoms. The number of benzene rings is 1. The Kier molecular flexibility index (Phi) is 2.28. The van der Waals surface area contributed by atoms with Crippen LogP contribution in [0.5, 0.6) is 0 Å². The van der Waals surface area contributed by atoms with E-state index in [1.54, 1.807) is 13.0 Å². The fourth-order valence-electron chi connectivity index (χ4n) is 0.711. The van der Waals surface area contributed by atoms with E-state index in [0.29, 0.717) is 10.3 Å². The monoisotopic (exact) mass is 176 g/mol. The predicted octanol–water partition coefficient (Wildman–Crippen LogP) is 2.29. The fraction of sp³-hybridized carbons (Fsp3) is 0.143. The Hall–Kier alpha value is -0.130. The van der Waals surface area contributed by atoms with Gasteiger partial charge in [0.25, 0.3) is 0 Å². The van der Waals surface area contributed by atoms with Crippen molar-refractivity contribution >= 4 is 26.1 Å². The van der Waals surface area contributed by atoms with Crippen molar-refractivity contribution in [3.63, 3.8) is 0 Å². The van der Waals surface area contributed by atoms with Crippen LogP contribution in [-0.4, -0.2) is 0 Å². The molecule has 0 aromatic heterocycles. The van der Waals surface area contributed by atoms with Crippen LogP contribution in [0.1, 0.15) is 5.56 Å². The van der Waals surface area contributed by atoms with E-state index in [1.807, 2.05) is 0 Å². The third-order valence-electron chi connectivity index (χ3n) is 1.22. The second-order valence-electron chi connectivity index (χ2n) is 2.14. The minimum atomic E-state index is -0.269. The largest absolute Gasteiger partial charge is 0.206 e. The van der Waals surface area contributed by atoms with E-state index in [9.17, 15) is 4.39 Å². The molecule has 1 aromatic carbocycles. The molecule has 1 unspecified atom stereocenters. The minimum absolute atomic E-state index is 0.269. The number of hydrogen-bond acceptors (Lipinski definition) is 0. The van der Waals surface area contributed by atoms with Crippen LogP contribution < -0.4 is 5.30 Å². The number of aryl methyl sites for hydroxylation is 1. The summed E-state index contributed by atoms with van der Waals surface area (Å²) in [5, 5.41) is 0.898. The molecule has 1 aromatic rings. The average molecular weight is 177 g/mol. The molecule has 0 radical (unpaired) electrons. The topological polar surface area (TPSA) is 0 Å². The molecule has 0 N–H and O–H groups in total. The zero-order valence-electron chi connectivity index (χ0n) is 5.49. The predicted molar refractivity (Wildman–Crippen MR) is 45.5 cm³/mol. The van der Waals surface area contributed by atoms with Crippen LogP contribution in [-0.2, 0) is 0 Å². The minimum Gasteiger partial charge on any atom is -0.206 e. The fourth-order valence-corrected chi connectivity index (χ4v) is 1.14. The first kappa shape index (κ1) is 7.97. The summed E-state index contributed by atoms with van der Waals surface area (Å²) in [6.45, 7) is 1.80. The van der Waals surface area contributed by atoms with E-state index >= 15 is 0 Å². The molecule has 1 atom stereocenters. The standard InChI is InChI=1S/C7H7ClFP/c1-4-2-5(8)7(10)6(9)3-4/h2-3H,10H2,1H3. The van der Waals surface area contributed by atoms with E-state index < -0.39 is 0 Å². The van der Waals surface area contributed by atoms with Crippen molar-refractivity contribution in [3.8, 4) is 0 Å². The smallest absolute Gasteiger partial charge is 0.132 e. The summed E-state index contributed by atoms with van der Waals surface area (Å²) in [4.78, 5) is 0. The van der Waals surface area contributed by atoms with Gasteiger partial charge < -0.3 is 0 Å². The third kappa shape index (κ3) is 1.47. The van der Waals surface area contributed by atoms with Crippen molar-refractivity contribution in [3.05, 3.63) is 28.5 Å². The van der Waals surface area contributed by atoms with Gasteiger partial charge in [-0.15, -0.1) is 9.24 Å². The van der Waals surface area contributed by atoms with Crippen LogP contribution in [0, 0.1) is 12.7 Å². The molecule has 3 heteroatoms. The lowest BCUT2D eigenvalue weighted by molar-refractivity contribution is 0.635. The second kappa shape index (κ2) is 2.86. The molecule has 0 heterocycles. The van der Waals surface area contributed by atoms with Crippen molar-refractivity contribution < 1.29 is 4.39 Å². The van der Waals surface area contributed by atoms with Crippen molar-refractivity contribution in [2.75, 3.05) is 0 Å². The Morgan fingerprint density at radius 2 is 2.10 bits per heavy atom. The highest BCUT2D eigenvalue weighted by atomic mass is 35.5. The van der Waals surface area contributed by atoms with Gasteiger partial charge in [0.05, 0.1) is 5.02 Å². The van der Waals surface area contributed by atoms with Gasteiger partial charge in [-0.3, -0.25) is 0 Å². The van der Waals surface area contributed by atoms with Crippen LogP contribution in [0.4, 0.5) is 4.39 Å². The summed E-state index contributed by atoms with van der Waals surface area (Å²) in [7, 11) is 2.26. The highest BCUT2D eigenvalue weighted by molar-refractivity contribution is 7.28. The molecular weight excluding hydrogens is 170 g/mol. The first-order valence-corrected chi connectivity index (χ1v) is 3.78. The zero-order valence-corrected chi connectivity index (χ0v) is 7.40. The number of rotatable bonds is 0. The lowest BCUT2D eigenvalue weighted by Crippen LogP contribution is -1.99. The molecule has 0 saturated heterocycles. The normalized spacial score (nSPS) is 10.0. The van der Waals surface area contributed by atoms with Crippen LogP contribution in [0.2, 0.25) is 5.02 Å². The van der Waals surface area contributed by atoms with E-state index in [0.717, 1.165) is 5.56 Å². The Bertz CT molecular complexity index is 237. The highest BCUT2D eigenvalue weighted by Crippen LogP contribution is 2.13. The molecule has 0 aliphatic rings. The van der Waals surface area contributed by atoms with Gasteiger partial charge in [0.1, 0.15) is 5.82 Å². The average Bonchev–Trinajstić information content (AvgIpc) is 1.82. The van der Waals surface area contributed by atoms with Crippen LogP contribution in [0.3, 0.4) is 0 Å². The second-order valence-corrected chi connectivity index (χ2v) is 3.13. The van der Waals surface area contributed by atoms with Crippen molar-refractivity contribution in [1.82, 2.24) is 0 Å². The van der Waals surface area contributed by atoms with Crippen molar-refractivity contribution in [2.45, 2.75) is 6.92 Å². The highest BCUT2D eigenvalue weighted by Gasteiger charge is 2.01. The van der Waals surface area contributed by atoms with Gasteiger partial charge in [0.2, 0.25) is 0 Å². The van der Waals surface area contributed by atoms with Gasteiger partial charge in [-0.2, -0.15) is 0 Å². The molecule has 0 aliphatic carbocycles. The van der Waals surface area contributed by atoms with E-state index in [2.05, 4.69) is 9.24 Å². The van der Waals surface area contributed by atoms with E-state index in [4.69, 9.17) is 11.6 Å². The van der Waals surface area contributed by atoms with Gasteiger partial charge in [-0.25, -0.2) is 4.39 Å². The summed E-state index contributed by atoms with van der Waals surface area (Å²) < 4.78 is 12.7. The van der Waals surface area contributed by atoms with Crippen LogP contribution in [0.25, 0.3) is 0 Å². The molecule has 0 saturated carbocycles. The Labute approximate surface area is 66.6 Å². The lowest BCUT2D eigenvalue weighted by atomic mass is 10.2. The van der Waals surface area contributed by atoms with Crippen molar-refractivity contribution in [2.24, 2.45) is 0 Å². The first-order chi connectivity index (χ1) is 4.61. The van der Waals surface area contributed by atoms with Crippen molar-refractivity contribution in [1.29, 1.82) is 0 Å². The summed E-state index contributed by atoms with van der Waals surface area (Å²) in [5.41, 5.74) is 0.841. The van der Waals surface area contributed by atoms with Gasteiger partial charge >= 0.3 is 0 Å². The third-order valence-corrected chi connectivity index (χ3v) is 2.31. The van der Waals surface area contributed by atoms with Gasteiger partial charge in [-0.05, 0) is 24.6 Å². The molecule has 0 aliphatic heterocycles. The molecule has 0 amide bonds. The maximum atomic E-state index is 12.7. The van der Waals surface area contributed by atoms with E-state index in [-0.39, 0.29) is 5.82 Å². The summed E-state index contributed by atoms with van der Waals surface area (Å²) in [6, 6.07) is 3.18. The lowest BCUT2D eigenvalue weighted by Gasteiger charge is -1.99. The van der Waals surface area contributed by atoms with Crippen LogP contribution in [0.15, 0.2) is 12.1 Å². The maximum Gasteiger partial charge on any atom is 0.132 e. The summed E-state index contributed by atoms with van der Waals surface area (Å²) in [6.07, 6.45) is 0. The Balaban J connectivity index is 3.31. The first-order valence-electron chi connectivity index (χ1n) is 2.82. The molecule has 0 nitrogen and oxygen atoms in total. The van der Waals surface area contributed by atoms with Gasteiger partial charge in [-0.1, -0.05) is 11.6 Å². The summed E-state index contributed by atoms with van der Waals surface area (Å²) >= 11 is 5.66. The number of halogens is 2. The Morgan fingerprint density at radius 1 is 1.50 bits per heavy atom. The number of hydrogen-bond donors (Lipinski definition) is 0.